The van der Waals surface area contributed by atoms with Crippen molar-refractivity contribution in [2.45, 2.75) is 30.4 Å². The van der Waals surface area contributed by atoms with Crippen LogP contribution in [0.2, 0.25) is 0 Å². The van der Waals surface area contributed by atoms with E-state index in [0.717, 1.165) is 0 Å². The van der Waals surface area contributed by atoms with Crippen molar-refractivity contribution in [2.24, 2.45) is 5.73 Å². The Morgan fingerprint density at radius 1 is 1.38 bits per heavy atom. The summed E-state index contributed by atoms with van der Waals surface area (Å²) < 4.78 is 4.91. The van der Waals surface area contributed by atoms with Gasteiger partial charge in [-0.1, -0.05) is 0 Å². The molecule has 1 saturated heterocycles. The molecule has 0 aromatic heterocycles. The van der Waals surface area contributed by atoms with E-state index in [1.807, 2.05) is 0 Å². The number of hydrogen-bond acceptors (Lipinski definition) is 5. The van der Waals surface area contributed by atoms with Gasteiger partial charge in [-0.2, -0.15) is 0 Å². The molecule has 5 atom stereocenters. The molecule has 6 nitrogen and oxygen atoms in total. The molecule has 7 heteroatoms. The molecule has 1 aliphatic heterocycles. The maximum Gasteiger partial charge on any atom is 0.335 e. The third-order valence-electron chi connectivity index (χ3n) is 2.20. The largest absolute Gasteiger partial charge is 0.479 e. The van der Waals surface area contributed by atoms with Gasteiger partial charge < -0.3 is 25.8 Å². The Bertz CT molecular complexity index is 213. The van der Waals surface area contributed by atoms with Crippen molar-refractivity contribution in [3.63, 3.8) is 0 Å². The number of ether oxygens (including phenoxy) is 1. The molecular weight excluding hydrogens is 177 g/mol. The van der Waals surface area contributed by atoms with E-state index in [0.29, 0.717) is 0 Å². The van der Waals surface area contributed by atoms with E-state index in [4.69, 9.17) is 15.6 Å². The first kappa shape index (κ1) is 10.5. The molecular formula is C6H12BNO5. The van der Waals surface area contributed by atoms with E-state index >= 15 is 0 Å². The lowest BCUT2D eigenvalue weighted by Gasteiger charge is -2.38. The number of carboxylic acid groups (broad SMARTS) is 1. The Morgan fingerprint density at radius 2 is 1.92 bits per heavy atom. The zero-order chi connectivity index (χ0) is 10.2. The highest BCUT2D eigenvalue weighted by Crippen LogP contribution is 2.18. The average molecular weight is 189 g/mol. The van der Waals surface area contributed by atoms with E-state index in [9.17, 15) is 15.0 Å². The summed E-state index contributed by atoms with van der Waals surface area (Å²) >= 11 is 0. The summed E-state index contributed by atoms with van der Waals surface area (Å²) in [6, 6.07) is -1.34. The van der Waals surface area contributed by atoms with E-state index < -0.39 is 36.3 Å². The van der Waals surface area contributed by atoms with Gasteiger partial charge in [0.25, 0.3) is 0 Å². The fraction of sp³-hybridized carbons (Fsp3) is 0.833. The van der Waals surface area contributed by atoms with Gasteiger partial charge in [0, 0.05) is 6.00 Å². The number of carboxylic acids is 1. The standard InChI is InChI=1S/C6H12BNO5/c7-5-1(8)2(9)3(10)4(13-5)6(11)12/h1-5,9-10H,7-8H2,(H,11,12)/t1-,2?,3?,4+,5-/m1/s1. The number of carbonyl (C=O) groups is 1. The highest BCUT2D eigenvalue weighted by molar-refractivity contribution is 6.11. The Morgan fingerprint density at radius 3 is 2.38 bits per heavy atom. The van der Waals surface area contributed by atoms with Crippen molar-refractivity contribution < 1.29 is 24.9 Å². The van der Waals surface area contributed by atoms with Crippen LogP contribution >= 0.6 is 0 Å². The topological polar surface area (TPSA) is 113 Å². The monoisotopic (exact) mass is 189 g/mol. The smallest absolute Gasteiger partial charge is 0.335 e. The first-order chi connectivity index (χ1) is 5.95. The summed E-state index contributed by atoms with van der Waals surface area (Å²) in [4.78, 5) is 10.5. The van der Waals surface area contributed by atoms with Crippen LogP contribution in [0.4, 0.5) is 0 Å². The van der Waals surface area contributed by atoms with Crippen LogP contribution in [0.5, 0.6) is 0 Å². The molecule has 0 saturated carbocycles. The molecule has 1 aliphatic rings. The number of hydrogen-bond donors (Lipinski definition) is 4. The summed E-state index contributed by atoms with van der Waals surface area (Å²) in [5.74, 6) is -1.30. The highest BCUT2D eigenvalue weighted by atomic mass is 16.5. The summed E-state index contributed by atoms with van der Waals surface area (Å²) in [5, 5.41) is 27.2. The van der Waals surface area contributed by atoms with Gasteiger partial charge in [0.15, 0.2) is 6.10 Å². The predicted octanol–water partition coefficient (Wildman–Crippen LogP) is -3.52. The summed E-state index contributed by atoms with van der Waals surface area (Å²) in [7, 11) is 1.55. The van der Waals surface area contributed by atoms with E-state index in [-0.39, 0.29) is 0 Å². The third-order valence-corrected chi connectivity index (χ3v) is 2.20. The number of nitrogens with two attached hydrogens (primary N) is 1. The first-order valence-electron chi connectivity index (χ1n) is 3.95. The van der Waals surface area contributed by atoms with Gasteiger partial charge in [0.2, 0.25) is 0 Å². The van der Waals surface area contributed by atoms with Crippen LogP contribution in [-0.4, -0.2) is 59.5 Å². The number of rotatable bonds is 1. The molecule has 0 spiro atoms. The third kappa shape index (κ3) is 1.83. The molecule has 1 fully saturated rings. The maximum atomic E-state index is 10.5. The molecule has 0 aromatic rings. The number of aliphatic hydroxyl groups excluding tert-OH is 2. The van der Waals surface area contributed by atoms with Crippen molar-refractivity contribution in [1.82, 2.24) is 0 Å². The number of aliphatic hydroxyl groups is 2. The molecule has 74 valence electrons. The Labute approximate surface area is 75.7 Å². The molecule has 2 unspecified atom stereocenters. The van der Waals surface area contributed by atoms with Crippen molar-refractivity contribution in [2.75, 3.05) is 0 Å². The number of aliphatic carboxylic acids is 1. The molecule has 1 rings (SSSR count). The van der Waals surface area contributed by atoms with Crippen molar-refractivity contribution >= 4 is 13.8 Å². The minimum atomic E-state index is -1.47. The van der Waals surface area contributed by atoms with Gasteiger partial charge in [-0.3, -0.25) is 0 Å². The molecule has 0 aromatic carbocycles. The van der Waals surface area contributed by atoms with Gasteiger partial charge in [0.1, 0.15) is 14.0 Å². The quantitative estimate of drug-likeness (QED) is 0.318. The van der Waals surface area contributed by atoms with E-state index in [1.54, 1.807) is 7.85 Å². The molecule has 0 radical (unpaired) electrons. The zero-order valence-corrected chi connectivity index (χ0v) is 7.12. The predicted molar refractivity (Wildman–Crippen MR) is 44.8 cm³/mol. The normalized spacial score (nSPS) is 45.9. The van der Waals surface area contributed by atoms with Gasteiger partial charge in [0.05, 0.1) is 12.1 Å². The maximum absolute atomic E-state index is 10.5. The molecule has 0 bridgehead atoms. The van der Waals surface area contributed by atoms with Crippen LogP contribution in [0, 0.1) is 0 Å². The van der Waals surface area contributed by atoms with Crippen LogP contribution in [-0.2, 0) is 9.53 Å². The average Bonchev–Trinajstić information content (AvgIpc) is 2.07. The highest BCUT2D eigenvalue weighted by Gasteiger charge is 2.43. The second-order valence-electron chi connectivity index (χ2n) is 3.16. The van der Waals surface area contributed by atoms with Crippen LogP contribution in [0.3, 0.4) is 0 Å². The summed E-state index contributed by atoms with van der Waals surface area (Å²) in [5.41, 5.74) is 5.45. The molecule has 13 heavy (non-hydrogen) atoms. The second kappa shape index (κ2) is 3.63. The van der Waals surface area contributed by atoms with Crippen LogP contribution in [0.1, 0.15) is 0 Å². The second-order valence-corrected chi connectivity index (χ2v) is 3.16. The van der Waals surface area contributed by atoms with Crippen molar-refractivity contribution in [1.29, 1.82) is 0 Å². The Balaban J connectivity index is 2.76. The Kier molecular flexibility index (Phi) is 2.92. The lowest BCUT2D eigenvalue weighted by Crippen LogP contribution is -2.63. The molecule has 0 amide bonds. The lowest BCUT2D eigenvalue weighted by molar-refractivity contribution is -0.186. The fourth-order valence-electron chi connectivity index (χ4n) is 1.29. The van der Waals surface area contributed by atoms with Crippen molar-refractivity contribution in [3.05, 3.63) is 0 Å². The van der Waals surface area contributed by atoms with E-state index in [1.165, 1.54) is 0 Å². The first-order valence-corrected chi connectivity index (χ1v) is 3.95. The van der Waals surface area contributed by atoms with Crippen LogP contribution in [0.25, 0.3) is 0 Å². The van der Waals surface area contributed by atoms with Gasteiger partial charge in [-0.05, 0) is 0 Å². The zero-order valence-electron chi connectivity index (χ0n) is 7.12. The minimum absolute atomic E-state index is 0.584. The summed E-state index contributed by atoms with van der Waals surface area (Å²) in [6.07, 6.45) is -4.13. The molecule has 5 N–H and O–H groups in total. The van der Waals surface area contributed by atoms with Crippen molar-refractivity contribution in [3.8, 4) is 0 Å². The van der Waals surface area contributed by atoms with Crippen LogP contribution in [0.15, 0.2) is 0 Å². The minimum Gasteiger partial charge on any atom is -0.479 e. The SMILES string of the molecule is B[C@@H]1O[C@H](C(=O)O)C(O)C(O)[C@H]1N. The van der Waals surface area contributed by atoms with Gasteiger partial charge in [-0.25, -0.2) is 4.79 Å². The van der Waals surface area contributed by atoms with E-state index in [2.05, 4.69) is 0 Å². The summed E-state index contributed by atoms with van der Waals surface area (Å²) in [6.45, 7) is 0. The Hall–Kier alpha value is -0.625. The fourth-order valence-corrected chi connectivity index (χ4v) is 1.29. The molecule has 0 aliphatic carbocycles. The lowest BCUT2D eigenvalue weighted by atomic mass is 9.83. The van der Waals surface area contributed by atoms with Crippen LogP contribution < -0.4 is 5.73 Å². The molecule has 1 heterocycles. The van der Waals surface area contributed by atoms with Gasteiger partial charge >= 0.3 is 5.97 Å². The van der Waals surface area contributed by atoms with Gasteiger partial charge in [-0.15, -0.1) is 0 Å².